The number of nitro groups is 1. The lowest BCUT2D eigenvalue weighted by molar-refractivity contribution is -0.386. The third-order valence-corrected chi connectivity index (χ3v) is 4.03. The maximum absolute atomic E-state index is 12.9. The smallest absolute Gasteiger partial charge is 0.338 e. The number of carbonyl (C=O) groups excluding carboxylic acids is 2. The van der Waals surface area contributed by atoms with Crippen LogP contribution in [0.15, 0.2) is 30.3 Å². The molecule has 2 aromatic rings. The van der Waals surface area contributed by atoms with Crippen molar-refractivity contribution in [3.63, 3.8) is 0 Å². The second kappa shape index (κ2) is 10.7. The second-order valence-corrected chi connectivity index (χ2v) is 7.99. The molecule has 2 rings (SSSR count). The minimum absolute atomic E-state index is 0.0324. The normalized spacial score (nSPS) is 11.0. The largest absolute Gasteiger partial charge is 0.491 e. The van der Waals surface area contributed by atoms with Gasteiger partial charge in [-0.2, -0.15) is 0 Å². The van der Waals surface area contributed by atoms with Gasteiger partial charge in [-0.15, -0.1) is 0 Å². The van der Waals surface area contributed by atoms with Crippen LogP contribution in [0.1, 0.15) is 68.0 Å². The SMILES string of the molecule is CC(C)OC(=O)c1ccc(CC(=O)c2ccc([N+](=O)[O-])c(OC(C)C)n2)c(OC(C)C)c1. The van der Waals surface area contributed by atoms with Gasteiger partial charge in [-0.3, -0.25) is 14.9 Å². The number of benzene rings is 1. The molecule has 0 saturated carbocycles. The standard InChI is InChI=1S/C23H28N2O7/c1-13(2)30-21-12-17(23(27)32-15(5)6)8-7-16(21)11-20(26)18-9-10-19(25(28)29)22(24-18)31-14(3)4/h7-10,12-15H,11H2,1-6H3. The zero-order valence-corrected chi connectivity index (χ0v) is 19.1. The Kier molecular flexibility index (Phi) is 8.28. The summed E-state index contributed by atoms with van der Waals surface area (Å²) in [5.74, 6) is -0.688. The van der Waals surface area contributed by atoms with E-state index >= 15 is 0 Å². The summed E-state index contributed by atoms with van der Waals surface area (Å²) >= 11 is 0. The highest BCUT2D eigenvalue weighted by atomic mass is 16.6. The predicted molar refractivity (Wildman–Crippen MR) is 117 cm³/mol. The monoisotopic (exact) mass is 444 g/mol. The fraction of sp³-hybridized carbons (Fsp3) is 0.435. The van der Waals surface area contributed by atoms with E-state index < -0.39 is 10.9 Å². The average Bonchev–Trinajstić information content (AvgIpc) is 2.67. The molecule has 0 aliphatic carbocycles. The molecule has 0 aliphatic rings. The van der Waals surface area contributed by atoms with E-state index in [-0.39, 0.29) is 47.8 Å². The van der Waals surface area contributed by atoms with E-state index in [1.54, 1.807) is 45.9 Å². The molecule has 0 N–H and O–H groups in total. The Labute approximate surface area is 186 Å². The van der Waals surface area contributed by atoms with Crippen LogP contribution in [0.2, 0.25) is 0 Å². The van der Waals surface area contributed by atoms with Gasteiger partial charge in [-0.05, 0) is 59.7 Å². The van der Waals surface area contributed by atoms with Crippen LogP contribution in [0.3, 0.4) is 0 Å². The summed E-state index contributed by atoms with van der Waals surface area (Å²) in [5, 5.41) is 11.2. The van der Waals surface area contributed by atoms with E-state index in [4.69, 9.17) is 14.2 Å². The first-order valence-electron chi connectivity index (χ1n) is 10.3. The summed E-state index contributed by atoms with van der Waals surface area (Å²) in [4.78, 5) is 39.8. The maximum atomic E-state index is 12.9. The number of esters is 1. The minimum atomic E-state index is -0.609. The van der Waals surface area contributed by atoms with E-state index in [1.165, 1.54) is 12.1 Å². The van der Waals surface area contributed by atoms with Crippen molar-refractivity contribution in [2.24, 2.45) is 0 Å². The molecule has 0 amide bonds. The number of rotatable bonds is 10. The first-order chi connectivity index (χ1) is 15.0. The Morgan fingerprint density at radius 3 is 2.19 bits per heavy atom. The lowest BCUT2D eigenvalue weighted by atomic mass is 10.0. The third kappa shape index (κ3) is 6.76. The number of aromatic nitrogens is 1. The summed E-state index contributed by atoms with van der Waals surface area (Å²) in [7, 11) is 0. The Balaban J connectivity index is 2.35. The van der Waals surface area contributed by atoms with Crippen LogP contribution in [0.25, 0.3) is 0 Å². The average molecular weight is 444 g/mol. The molecular weight excluding hydrogens is 416 g/mol. The summed E-state index contributed by atoms with van der Waals surface area (Å²) < 4.78 is 16.4. The number of carbonyl (C=O) groups is 2. The first-order valence-corrected chi connectivity index (χ1v) is 10.3. The van der Waals surface area contributed by atoms with Gasteiger partial charge in [-0.1, -0.05) is 6.07 Å². The van der Waals surface area contributed by atoms with Gasteiger partial charge in [0.05, 0.1) is 28.8 Å². The molecule has 0 radical (unpaired) electrons. The molecule has 0 saturated heterocycles. The van der Waals surface area contributed by atoms with Gasteiger partial charge in [0.1, 0.15) is 11.4 Å². The van der Waals surface area contributed by atoms with E-state index in [9.17, 15) is 19.7 Å². The van der Waals surface area contributed by atoms with Crippen molar-refractivity contribution in [3.8, 4) is 11.6 Å². The molecule has 0 bridgehead atoms. The number of hydrogen-bond donors (Lipinski definition) is 0. The maximum Gasteiger partial charge on any atom is 0.338 e. The summed E-state index contributed by atoms with van der Waals surface area (Å²) in [6.45, 7) is 10.6. The highest BCUT2D eigenvalue weighted by molar-refractivity contribution is 5.97. The molecule has 9 heteroatoms. The van der Waals surface area contributed by atoms with Crippen LogP contribution < -0.4 is 9.47 Å². The van der Waals surface area contributed by atoms with Crippen molar-refractivity contribution >= 4 is 17.4 Å². The molecule has 0 atom stereocenters. The van der Waals surface area contributed by atoms with E-state index in [2.05, 4.69) is 4.98 Å². The summed E-state index contributed by atoms with van der Waals surface area (Å²) in [5.41, 5.74) is 0.583. The summed E-state index contributed by atoms with van der Waals surface area (Å²) in [6, 6.07) is 7.24. The van der Waals surface area contributed by atoms with Gasteiger partial charge in [0.25, 0.3) is 5.88 Å². The third-order valence-electron chi connectivity index (χ3n) is 4.03. The van der Waals surface area contributed by atoms with Crippen molar-refractivity contribution in [2.75, 3.05) is 0 Å². The highest BCUT2D eigenvalue weighted by Gasteiger charge is 2.22. The fourth-order valence-corrected chi connectivity index (χ4v) is 2.77. The number of hydrogen-bond acceptors (Lipinski definition) is 8. The second-order valence-electron chi connectivity index (χ2n) is 7.99. The zero-order valence-electron chi connectivity index (χ0n) is 19.1. The highest BCUT2D eigenvalue weighted by Crippen LogP contribution is 2.28. The Morgan fingerprint density at radius 2 is 1.62 bits per heavy atom. The van der Waals surface area contributed by atoms with Gasteiger partial charge in [0, 0.05) is 18.1 Å². The zero-order chi connectivity index (χ0) is 24.0. The van der Waals surface area contributed by atoms with Crippen molar-refractivity contribution in [1.29, 1.82) is 0 Å². The number of pyridine rings is 1. The number of Topliss-reactive ketones (excluding diaryl/α,β-unsaturated/α-hetero) is 1. The molecule has 0 fully saturated rings. The molecule has 1 aromatic heterocycles. The van der Waals surface area contributed by atoms with Crippen molar-refractivity contribution in [1.82, 2.24) is 4.98 Å². The Morgan fingerprint density at radius 1 is 0.969 bits per heavy atom. The lowest BCUT2D eigenvalue weighted by Gasteiger charge is -2.16. The van der Waals surface area contributed by atoms with Crippen molar-refractivity contribution < 1.29 is 28.7 Å². The molecule has 0 aliphatic heterocycles. The van der Waals surface area contributed by atoms with Crippen LogP contribution >= 0.6 is 0 Å². The lowest BCUT2D eigenvalue weighted by Crippen LogP contribution is -2.15. The predicted octanol–water partition coefficient (Wildman–Crippen LogP) is 4.55. The van der Waals surface area contributed by atoms with Crippen LogP contribution in [0.4, 0.5) is 5.69 Å². The van der Waals surface area contributed by atoms with Crippen molar-refractivity contribution in [2.45, 2.75) is 66.3 Å². The minimum Gasteiger partial charge on any atom is -0.491 e. The van der Waals surface area contributed by atoms with Crippen LogP contribution in [-0.2, 0) is 11.2 Å². The van der Waals surface area contributed by atoms with Crippen LogP contribution in [-0.4, -0.2) is 40.0 Å². The van der Waals surface area contributed by atoms with Crippen LogP contribution in [0, 0.1) is 10.1 Å². The van der Waals surface area contributed by atoms with Gasteiger partial charge in [-0.25, -0.2) is 9.78 Å². The number of ketones is 1. The first kappa shape index (κ1) is 24.8. The molecule has 9 nitrogen and oxygen atoms in total. The fourth-order valence-electron chi connectivity index (χ4n) is 2.77. The quantitative estimate of drug-likeness (QED) is 0.227. The molecule has 32 heavy (non-hydrogen) atoms. The van der Waals surface area contributed by atoms with Crippen molar-refractivity contribution in [3.05, 3.63) is 57.3 Å². The van der Waals surface area contributed by atoms with Crippen LogP contribution in [0.5, 0.6) is 11.6 Å². The molecular formula is C23H28N2O7. The summed E-state index contributed by atoms with van der Waals surface area (Å²) in [6.07, 6.45) is -0.888. The molecule has 172 valence electrons. The van der Waals surface area contributed by atoms with E-state index in [0.29, 0.717) is 16.9 Å². The van der Waals surface area contributed by atoms with E-state index in [0.717, 1.165) is 0 Å². The topological polar surface area (TPSA) is 118 Å². The van der Waals surface area contributed by atoms with Gasteiger partial charge < -0.3 is 14.2 Å². The Hall–Kier alpha value is -3.49. The Bertz CT molecular complexity index is 1000. The van der Waals surface area contributed by atoms with Gasteiger partial charge in [0.15, 0.2) is 5.78 Å². The molecule has 0 spiro atoms. The van der Waals surface area contributed by atoms with Gasteiger partial charge in [0.2, 0.25) is 0 Å². The number of ether oxygens (including phenoxy) is 3. The molecule has 0 unspecified atom stereocenters. The molecule has 1 aromatic carbocycles. The van der Waals surface area contributed by atoms with E-state index in [1.807, 2.05) is 13.8 Å². The van der Waals surface area contributed by atoms with Gasteiger partial charge >= 0.3 is 11.7 Å². The molecule has 1 heterocycles. The number of nitrogens with zero attached hydrogens (tertiary/aromatic N) is 2.